The molecule has 0 spiro atoms. The van der Waals surface area contributed by atoms with Crippen LogP contribution in [0.25, 0.3) is 10.9 Å². The van der Waals surface area contributed by atoms with E-state index in [4.69, 9.17) is 0 Å². The number of fused-ring (bicyclic) bond motifs is 1. The second-order valence-electron chi connectivity index (χ2n) is 6.97. The van der Waals surface area contributed by atoms with Crippen molar-refractivity contribution in [2.24, 2.45) is 5.92 Å². The molecule has 0 amide bonds. The average molecular weight is 335 g/mol. The fourth-order valence-corrected chi connectivity index (χ4v) is 3.52. The molecule has 5 nitrogen and oxygen atoms in total. The van der Waals surface area contributed by atoms with Crippen LogP contribution in [0.15, 0.2) is 42.9 Å². The highest BCUT2D eigenvalue weighted by Gasteiger charge is 2.17. The van der Waals surface area contributed by atoms with Crippen LogP contribution in [-0.4, -0.2) is 34.6 Å². The van der Waals surface area contributed by atoms with Gasteiger partial charge in [-0.3, -0.25) is 0 Å². The third-order valence-electron chi connectivity index (χ3n) is 5.14. The fourth-order valence-electron chi connectivity index (χ4n) is 3.52. The minimum atomic E-state index is 0.826. The highest BCUT2D eigenvalue weighted by molar-refractivity contribution is 5.83. The Bertz CT molecular complexity index is 833. The summed E-state index contributed by atoms with van der Waals surface area (Å²) in [6.45, 7) is 5.37. The highest BCUT2D eigenvalue weighted by atomic mass is 15.2. The average Bonchev–Trinajstić information content (AvgIpc) is 3.06. The second kappa shape index (κ2) is 7.13. The van der Waals surface area contributed by atoms with Crippen molar-refractivity contribution >= 4 is 22.5 Å². The summed E-state index contributed by atoms with van der Waals surface area (Å²) >= 11 is 0. The van der Waals surface area contributed by atoms with Gasteiger partial charge in [-0.1, -0.05) is 25.1 Å². The lowest BCUT2D eigenvalue weighted by Gasteiger charge is -2.31. The number of hydrogen-bond donors (Lipinski definition) is 2. The maximum atomic E-state index is 4.46. The molecule has 2 N–H and O–H groups in total. The number of benzene rings is 1. The molecule has 0 aliphatic carbocycles. The summed E-state index contributed by atoms with van der Waals surface area (Å²) in [7, 11) is 0. The summed E-state index contributed by atoms with van der Waals surface area (Å²) in [5, 5.41) is 4.75. The van der Waals surface area contributed by atoms with E-state index in [-0.39, 0.29) is 0 Å². The van der Waals surface area contributed by atoms with E-state index in [1.54, 1.807) is 6.33 Å². The molecule has 130 valence electrons. The van der Waals surface area contributed by atoms with Crippen LogP contribution in [0, 0.1) is 5.92 Å². The zero-order chi connectivity index (χ0) is 17.1. The molecule has 0 atom stereocenters. The summed E-state index contributed by atoms with van der Waals surface area (Å²) in [5.41, 5.74) is 2.53. The van der Waals surface area contributed by atoms with Gasteiger partial charge in [0.1, 0.15) is 18.0 Å². The van der Waals surface area contributed by atoms with Gasteiger partial charge in [0.25, 0.3) is 0 Å². The van der Waals surface area contributed by atoms with E-state index in [0.717, 1.165) is 43.6 Å². The number of hydrogen-bond acceptors (Lipinski definition) is 4. The molecule has 5 heteroatoms. The number of aromatic amines is 1. The molecule has 0 unspecified atom stereocenters. The number of nitrogens with zero attached hydrogens (tertiary/aromatic N) is 3. The minimum absolute atomic E-state index is 0.826. The van der Waals surface area contributed by atoms with Gasteiger partial charge >= 0.3 is 0 Å². The summed E-state index contributed by atoms with van der Waals surface area (Å²) in [6, 6.07) is 10.5. The predicted octanol–water partition coefficient (Wildman–Crippen LogP) is 3.85. The quantitative estimate of drug-likeness (QED) is 0.743. The van der Waals surface area contributed by atoms with Crippen LogP contribution in [0.2, 0.25) is 0 Å². The first-order valence-corrected chi connectivity index (χ1v) is 9.15. The van der Waals surface area contributed by atoms with Gasteiger partial charge < -0.3 is 15.2 Å². The molecular formula is C20H25N5. The molecule has 1 fully saturated rings. The van der Waals surface area contributed by atoms with Gasteiger partial charge in [0, 0.05) is 42.8 Å². The molecule has 2 aromatic heterocycles. The monoisotopic (exact) mass is 335 g/mol. The van der Waals surface area contributed by atoms with Crippen LogP contribution in [0.4, 0.5) is 11.6 Å². The van der Waals surface area contributed by atoms with Crippen molar-refractivity contribution in [1.82, 2.24) is 15.0 Å². The predicted molar refractivity (Wildman–Crippen MR) is 103 cm³/mol. The maximum absolute atomic E-state index is 4.46. The summed E-state index contributed by atoms with van der Waals surface area (Å²) in [6.07, 6.45) is 7.22. The van der Waals surface area contributed by atoms with Crippen molar-refractivity contribution in [2.45, 2.75) is 26.2 Å². The summed E-state index contributed by atoms with van der Waals surface area (Å²) in [4.78, 5) is 14.5. The van der Waals surface area contributed by atoms with Crippen molar-refractivity contribution in [3.05, 3.63) is 48.4 Å². The molecule has 25 heavy (non-hydrogen) atoms. The molecule has 1 aliphatic heterocycles. The Morgan fingerprint density at radius 1 is 1.20 bits per heavy atom. The van der Waals surface area contributed by atoms with E-state index in [1.165, 1.54) is 29.3 Å². The van der Waals surface area contributed by atoms with Gasteiger partial charge in [-0.15, -0.1) is 0 Å². The van der Waals surface area contributed by atoms with Crippen molar-refractivity contribution in [1.29, 1.82) is 0 Å². The lowest BCUT2D eigenvalue weighted by molar-refractivity contribution is 0.436. The lowest BCUT2D eigenvalue weighted by atomic mass is 9.99. The van der Waals surface area contributed by atoms with E-state index in [1.807, 2.05) is 0 Å². The number of H-pyrrole nitrogens is 1. The molecule has 4 rings (SSSR count). The SMILES string of the molecule is CC1CCN(c2cc(NCCc3c[nH]c4ccccc34)ncn2)CC1. The number of rotatable bonds is 5. The topological polar surface area (TPSA) is 56.8 Å². The van der Waals surface area contributed by atoms with Gasteiger partial charge in [0.05, 0.1) is 0 Å². The minimum Gasteiger partial charge on any atom is -0.370 e. The third-order valence-corrected chi connectivity index (χ3v) is 5.14. The number of nitrogens with one attached hydrogen (secondary N) is 2. The van der Waals surface area contributed by atoms with E-state index >= 15 is 0 Å². The number of para-hydroxylation sites is 1. The molecule has 3 heterocycles. The maximum Gasteiger partial charge on any atom is 0.134 e. The van der Waals surface area contributed by atoms with Crippen molar-refractivity contribution in [3.63, 3.8) is 0 Å². The van der Waals surface area contributed by atoms with Crippen LogP contribution in [0.1, 0.15) is 25.3 Å². The molecule has 0 bridgehead atoms. The third kappa shape index (κ3) is 3.60. The normalized spacial score (nSPS) is 15.6. The largest absolute Gasteiger partial charge is 0.370 e. The van der Waals surface area contributed by atoms with Crippen LogP contribution in [0.3, 0.4) is 0 Å². The van der Waals surface area contributed by atoms with Crippen molar-refractivity contribution < 1.29 is 0 Å². The number of aromatic nitrogens is 3. The van der Waals surface area contributed by atoms with Crippen molar-refractivity contribution in [3.8, 4) is 0 Å². The van der Waals surface area contributed by atoms with E-state index < -0.39 is 0 Å². The van der Waals surface area contributed by atoms with Crippen LogP contribution >= 0.6 is 0 Å². The Kier molecular flexibility index (Phi) is 4.55. The van der Waals surface area contributed by atoms with E-state index in [9.17, 15) is 0 Å². The van der Waals surface area contributed by atoms with Gasteiger partial charge in [-0.2, -0.15) is 0 Å². The van der Waals surface area contributed by atoms with Gasteiger partial charge in [0.2, 0.25) is 0 Å². The molecule has 3 aromatic rings. The molecule has 1 saturated heterocycles. The van der Waals surface area contributed by atoms with Gasteiger partial charge in [-0.25, -0.2) is 9.97 Å². The lowest BCUT2D eigenvalue weighted by Crippen LogP contribution is -2.33. The zero-order valence-corrected chi connectivity index (χ0v) is 14.7. The molecular weight excluding hydrogens is 310 g/mol. The smallest absolute Gasteiger partial charge is 0.134 e. The second-order valence-corrected chi connectivity index (χ2v) is 6.97. The first-order valence-electron chi connectivity index (χ1n) is 9.15. The van der Waals surface area contributed by atoms with Crippen LogP contribution in [-0.2, 0) is 6.42 Å². The summed E-state index contributed by atoms with van der Waals surface area (Å²) < 4.78 is 0. The van der Waals surface area contributed by atoms with Gasteiger partial charge in [-0.05, 0) is 36.8 Å². The fraction of sp³-hybridized carbons (Fsp3) is 0.400. The highest BCUT2D eigenvalue weighted by Crippen LogP contribution is 2.22. The first kappa shape index (κ1) is 15.9. The van der Waals surface area contributed by atoms with Crippen LogP contribution < -0.4 is 10.2 Å². The Hall–Kier alpha value is -2.56. The number of anilines is 2. The summed E-state index contributed by atoms with van der Waals surface area (Å²) in [5.74, 6) is 2.77. The Labute approximate surface area is 148 Å². The molecule has 0 radical (unpaired) electrons. The number of piperidine rings is 1. The first-order chi connectivity index (χ1) is 12.3. The Morgan fingerprint density at radius 2 is 2.04 bits per heavy atom. The Morgan fingerprint density at radius 3 is 2.92 bits per heavy atom. The van der Waals surface area contributed by atoms with E-state index in [2.05, 4.69) is 68.6 Å². The van der Waals surface area contributed by atoms with Crippen molar-refractivity contribution in [2.75, 3.05) is 29.9 Å². The van der Waals surface area contributed by atoms with Crippen LogP contribution in [0.5, 0.6) is 0 Å². The molecule has 1 aromatic carbocycles. The Balaban J connectivity index is 1.37. The van der Waals surface area contributed by atoms with Gasteiger partial charge in [0.15, 0.2) is 0 Å². The zero-order valence-electron chi connectivity index (χ0n) is 14.7. The molecule has 0 saturated carbocycles. The molecule has 1 aliphatic rings. The van der Waals surface area contributed by atoms with E-state index in [0.29, 0.717) is 0 Å². The standard InChI is InChI=1S/C20H25N5/c1-15-7-10-25(11-8-15)20-12-19(23-14-24-20)21-9-6-16-13-22-18-5-3-2-4-17(16)18/h2-5,12-15,22H,6-11H2,1H3,(H,21,23,24).